The number of nitrogens with two attached hydrogens (primary N) is 1. The Morgan fingerprint density at radius 1 is 1.12 bits per heavy atom. The van der Waals surface area contributed by atoms with Crippen molar-refractivity contribution in [1.29, 1.82) is 0 Å². The summed E-state index contributed by atoms with van der Waals surface area (Å²) in [5, 5.41) is 15.4. The number of thiophene rings is 1. The number of hydrogen-bond donors (Lipinski definition) is 3. The van der Waals surface area contributed by atoms with E-state index in [4.69, 9.17) is 17.3 Å². The van der Waals surface area contributed by atoms with Crippen molar-refractivity contribution in [3.05, 3.63) is 82.0 Å². The van der Waals surface area contributed by atoms with E-state index in [-0.39, 0.29) is 10.8 Å². The molecule has 11 heteroatoms. The van der Waals surface area contributed by atoms with Crippen LogP contribution in [0.2, 0.25) is 5.02 Å². The second-order valence-corrected chi connectivity index (χ2v) is 8.46. The van der Waals surface area contributed by atoms with Crippen LogP contribution in [0.25, 0.3) is 27.9 Å². The summed E-state index contributed by atoms with van der Waals surface area (Å²) in [6.07, 6.45) is -4.19. The number of fused-ring (bicyclic) bond motifs is 1. The number of aliphatic hydroxyl groups is 1. The second-order valence-electron chi connectivity index (χ2n) is 7.08. The average molecular weight is 504 g/mol. The highest BCUT2D eigenvalue weighted by molar-refractivity contribution is 7.11. The van der Waals surface area contributed by atoms with Crippen molar-refractivity contribution in [1.82, 2.24) is 9.97 Å². The third-order valence-electron chi connectivity index (χ3n) is 4.65. The molecular formula is C23H17ClF3N5OS. The van der Waals surface area contributed by atoms with Gasteiger partial charge in [0.15, 0.2) is 12.0 Å². The number of nitrogens with one attached hydrogen (secondary N) is 1. The highest BCUT2D eigenvalue weighted by Crippen LogP contribution is 2.30. The topological polar surface area (TPSA) is 96.4 Å². The van der Waals surface area contributed by atoms with Gasteiger partial charge in [-0.2, -0.15) is 13.2 Å². The number of halogens is 4. The van der Waals surface area contributed by atoms with E-state index in [0.29, 0.717) is 27.7 Å². The quantitative estimate of drug-likeness (QED) is 0.169. The van der Waals surface area contributed by atoms with Gasteiger partial charge < -0.3 is 10.8 Å². The van der Waals surface area contributed by atoms with Gasteiger partial charge in [-0.1, -0.05) is 48.0 Å². The Hall–Kier alpha value is -3.63. The number of nitrogens with zero attached hydrogens (tertiary/aromatic N) is 3. The van der Waals surface area contributed by atoms with E-state index < -0.39 is 23.9 Å². The minimum absolute atomic E-state index is 0.0395. The zero-order valence-corrected chi connectivity index (χ0v) is 18.9. The van der Waals surface area contributed by atoms with E-state index in [1.807, 2.05) is 30.3 Å². The zero-order valence-electron chi connectivity index (χ0n) is 17.3. The molecule has 4 aromatic rings. The summed E-state index contributed by atoms with van der Waals surface area (Å²) < 4.78 is 40.7. The van der Waals surface area contributed by atoms with Gasteiger partial charge in [-0.3, -0.25) is 5.32 Å². The normalized spacial score (nSPS) is 13.8. The van der Waals surface area contributed by atoms with Crippen molar-refractivity contribution >= 4 is 51.5 Å². The van der Waals surface area contributed by atoms with Crippen LogP contribution in [0.5, 0.6) is 0 Å². The SMILES string of the molecule is NC(=N[C@H](/C=C(\O)c1cccs1)C(F)(F)F)Nc1nc(-c2ccccc2)c2cc(Cl)ccc2n1. The van der Waals surface area contributed by atoms with Crippen LogP contribution < -0.4 is 11.1 Å². The fourth-order valence-corrected chi connectivity index (χ4v) is 3.95. The van der Waals surface area contributed by atoms with Gasteiger partial charge in [-0.05, 0) is 35.7 Å². The largest absolute Gasteiger partial charge is 0.507 e. The van der Waals surface area contributed by atoms with Crippen LogP contribution in [0, 0.1) is 0 Å². The first kappa shape index (κ1) is 23.5. The standard InChI is InChI=1S/C23H17ClF3N5OS/c24-14-8-9-16-15(11-14)20(13-5-2-1-3-6-13)31-22(29-16)32-21(28)30-19(23(25,26)27)12-17(33)18-7-4-10-34-18/h1-12,19,33H,(H3,28,29,30,31,32)/b17-12-/t19-/m1/s1. The second kappa shape index (κ2) is 9.70. The fraction of sp³-hybridized carbons (Fsp3) is 0.0870. The minimum Gasteiger partial charge on any atom is -0.507 e. The maximum absolute atomic E-state index is 13.6. The Kier molecular flexibility index (Phi) is 6.71. The van der Waals surface area contributed by atoms with Gasteiger partial charge in [-0.15, -0.1) is 11.3 Å². The summed E-state index contributed by atoms with van der Waals surface area (Å²) in [4.78, 5) is 12.6. The number of aliphatic imine (C=N–C) groups is 1. The lowest BCUT2D eigenvalue weighted by molar-refractivity contribution is -0.136. The number of hydrogen-bond acceptors (Lipinski definition) is 5. The van der Waals surface area contributed by atoms with Crippen LogP contribution in [-0.2, 0) is 0 Å². The Morgan fingerprint density at radius 3 is 2.56 bits per heavy atom. The number of guanidine groups is 1. The van der Waals surface area contributed by atoms with Crippen LogP contribution in [0.3, 0.4) is 0 Å². The lowest BCUT2D eigenvalue weighted by atomic mass is 10.1. The van der Waals surface area contributed by atoms with Crippen molar-refractivity contribution in [2.45, 2.75) is 12.2 Å². The Labute approximate surface area is 201 Å². The molecule has 0 saturated heterocycles. The average Bonchev–Trinajstić information content (AvgIpc) is 3.33. The summed E-state index contributed by atoms with van der Waals surface area (Å²) in [7, 11) is 0. The molecule has 0 aliphatic carbocycles. The highest BCUT2D eigenvalue weighted by atomic mass is 35.5. The van der Waals surface area contributed by atoms with Crippen molar-refractivity contribution in [3.63, 3.8) is 0 Å². The molecule has 0 amide bonds. The predicted octanol–water partition coefficient (Wildman–Crippen LogP) is 6.27. The smallest absolute Gasteiger partial charge is 0.414 e. The molecule has 0 aliphatic rings. The third kappa shape index (κ3) is 5.46. The molecule has 2 aromatic carbocycles. The summed E-state index contributed by atoms with van der Waals surface area (Å²) in [6, 6.07) is 14.9. The van der Waals surface area contributed by atoms with E-state index in [1.54, 1.807) is 29.6 Å². The number of aromatic nitrogens is 2. The molecule has 174 valence electrons. The number of rotatable bonds is 5. The summed E-state index contributed by atoms with van der Waals surface area (Å²) in [5.41, 5.74) is 7.57. The lowest BCUT2D eigenvalue weighted by Gasteiger charge is -2.15. The van der Waals surface area contributed by atoms with Crippen LogP contribution >= 0.6 is 22.9 Å². The molecule has 1 atom stereocenters. The number of aliphatic hydroxyl groups excluding tert-OH is 1. The van der Waals surface area contributed by atoms with Crippen LogP contribution in [-0.4, -0.2) is 33.3 Å². The molecule has 0 unspecified atom stereocenters. The fourth-order valence-electron chi connectivity index (χ4n) is 3.13. The molecule has 4 N–H and O–H groups in total. The van der Waals surface area contributed by atoms with Gasteiger partial charge in [0.2, 0.25) is 5.95 Å². The molecule has 0 spiro atoms. The first-order chi connectivity index (χ1) is 16.2. The Bertz CT molecular complexity index is 1360. The molecule has 6 nitrogen and oxygen atoms in total. The Morgan fingerprint density at radius 2 is 1.88 bits per heavy atom. The monoisotopic (exact) mass is 503 g/mol. The molecule has 2 aromatic heterocycles. The number of benzene rings is 2. The first-order valence-corrected chi connectivity index (χ1v) is 11.1. The van der Waals surface area contributed by atoms with Crippen LogP contribution in [0.4, 0.5) is 19.1 Å². The van der Waals surface area contributed by atoms with Gasteiger partial charge in [0, 0.05) is 16.0 Å². The van der Waals surface area contributed by atoms with E-state index in [0.717, 1.165) is 16.9 Å². The molecular weight excluding hydrogens is 487 g/mol. The molecule has 0 bridgehead atoms. The first-order valence-electron chi connectivity index (χ1n) is 9.85. The van der Waals surface area contributed by atoms with Crippen LogP contribution in [0.15, 0.2) is 77.1 Å². The van der Waals surface area contributed by atoms with Gasteiger partial charge in [0.25, 0.3) is 0 Å². The number of alkyl halides is 3. The molecule has 0 saturated carbocycles. The summed E-state index contributed by atoms with van der Waals surface area (Å²) >= 11 is 7.24. The maximum Gasteiger partial charge on any atom is 0.414 e. The highest BCUT2D eigenvalue weighted by Gasteiger charge is 2.39. The van der Waals surface area contributed by atoms with Crippen molar-refractivity contribution in [2.24, 2.45) is 10.7 Å². The van der Waals surface area contributed by atoms with Gasteiger partial charge >= 0.3 is 6.18 Å². The molecule has 0 radical (unpaired) electrons. The zero-order chi connectivity index (χ0) is 24.3. The number of anilines is 1. The van der Waals surface area contributed by atoms with Crippen molar-refractivity contribution in [3.8, 4) is 11.3 Å². The minimum atomic E-state index is -4.78. The summed E-state index contributed by atoms with van der Waals surface area (Å²) in [5.74, 6) is -1.15. The Balaban J connectivity index is 1.71. The van der Waals surface area contributed by atoms with Crippen LogP contribution in [0.1, 0.15) is 4.88 Å². The van der Waals surface area contributed by atoms with Gasteiger partial charge in [0.05, 0.1) is 16.1 Å². The molecule has 4 rings (SSSR count). The maximum atomic E-state index is 13.6. The van der Waals surface area contributed by atoms with Gasteiger partial charge in [0.1, 0.15) is 5.76 Å². The van der Waals surface area contributed by atoms with E-state index >= 15 is 0 Å². The van der Waals surface area contributed by atoms with E-state index in [9.17, 15) is 18.3 Å². The third-order valence-corrected chi connectivity index (χ3v) is 5.78. The van der Waals surface area contributed by atoms with E-state index in [1.165, 1.54) is 6.07 Å². The molecule has 0 fully saturated rings. The molecule has 34 heavy (non-hydrogen) atoms. The molecule has 0 aliphatic heterocycles. The van der Waals surface area contributed by atoms with Crippen molar-refractivity contribution < 1.29 is 18.3 Å². The van der Waals surface area contributed by atoms with E-state index in [2.05, 4.69) is 20.3 Å². The van der Waals surface area contributed by atoms with Gasteiger partial charge in [-0.25, -0.2) is 15.0 Å². The molecule has 2 heterocycles. The lowest BCUT2D eigenvalue weighted by Crippen LogP contribution is -2.32. The predicted molar refractivity (Wildman–Crippen MR) is 130 cm³/mol. The summed E-state index contributed by atoms with van der Waals surface area (Å²) in [6.45, 7) is 0. The van der Waals surface area contributed by atoms with Crippen molar-refractivity contribution in [2.75, 3.05) is 5.32 Å².